The van der Waals surface area contributed by atoms with E-state index >= 15 is 0 Å². The van der Waals surface area contributed by atoms with Crippen LogP contribution in [0.1, 0.15) is 35.7 Å². The van der Waals surface area contributed by atoms with Gasteiger partial charge in [0.1, 0.15) is 18.3 Å². The Morgan fingerprint density at radius 3 is 2.09 bits per heavy atom. The normalized spacial score (nSPS) is 26.1. The lowest BCUT2D eigenvalue weighted by Gasteiger charge is -2.44. The van der Waals surface area contributed by atoms with E-state index in [1.54, 1.807) is 0 Å². The molecule has 3 aliphatic rings. The van der Waals surface area contributed by atoms with Crippen molar-refractivity contribution in [1.29, 1.82) is 0 Å². The molecule has 3 aromatic carbocycles. The first-order valence-electron chi connectivity index (χ1n) is 15.5. The topological polar surface area (TPSA) is 86.4 Å². The number of nitrogens with one attached hydrogen (secondary N) is 2. The summed E-state index contributed by atoms with van der Waals surface area (Å²) in [6.07, 6.45) is 0.837. The van der Waals surface area contributed by atoms with Gasteiger partial charge in [0.05, 0.1) is 31.8 Å². The van der Waals surface area contributed by atoms with Crippen molar-refractivity contribution in [2.45, 2.75) is 30.9 Å². The van der Waals surface area contributed by atoms with Crippen LogP contribution in [0.2, 0.25) is 10.0 Å². The number of ether oxygens (including phenoxy) is 2. The number of hydrogen-bond acceptors (Lipinski definition) is 8. The van der Waals surface area contributed by atoms with Crippen LogP contribution in [-0.2, 0) is 20.0 Å². The summed E-state index contributed by atoms with van der Waals surface area (Å²) < 4.78 is 12.2. The molecule has 238 valence electrons. The average molecular weight is 653 g/mol. The lowest BCUT2D eigenvalue weighted by Crippen LogP contribution is -2.63. The van der Waals surface area contributed by atoms with Crippen molar-refractivity contribution in [3.05, 3.63) is 99.5 Å². The Morgan fingerprint density at radius 1 is 0.911 bits per heavy atom. The average Bonchev–Trinajstić information content (AvgIpc) is 3.48. The van der Waals surface area contributed by atoms with E-state index in [4.69, 9.17) is 32.7 Å². The summed E-state index contributed by atoms with van der Waals surface area (Å²) >= 11 is 12.6. The van der Waals surface area contributed by atoms with E-state index < -0.39 is 5.66 Å². The second-order valence-electron chi connectivity index (χ2n) is 11.6. The molecular formula is C34H39Cl2N5O4. The molecule has 2 unspecified atom stereocenters. The van der Waals surface area contributed by atoms with E-state index in [1.165, 1.54) is 0 Å². The molecule has 0 aliphatic carbocycles. The lowest BCUT2D eigenvalue weighted by molar-refractivity contribution is -0.149. The van der Waals surface area contributed by atoms with Gasteiger partial charge in [0.15, 0.2) is 5.66 Å². The van der Waals surface area contributed by atoms with Crippen LogP contribution in [0.15, 0.2) is 72.8 Å². The van der Waals surface area contributed by atoms with Crippen molar-refractivity contribution in [2.75, 3.05) is 59.0 Å². The van der Waals surface area contributed by atoms with Crippen molar-refractivity contribution >= 4 is 35.4 Å². The molecule has 3 fully saturated rings. The smallest absolute Gasteiger partial charge is 0.262 e. The number of rotatable bonds is 9. The summed E-state index contributed by atoms with van der Waals surface area (Å²) in [7, 11) is 0. The molecule has 4 atom stereocenters. The molecular weight excluding hydrogens is 613 g/mol. The highest BCUT2D eigenvalue weighted by atomic mass is 35.5. The van der Waals surface area contributed by atoms with Gasteiger partial charge in [-0.3, -0.25) is 25.2 Å². The van der Waals surface area contributed by atoms with Crippen molar-refractivity contribution in [3.8, 4) is 5.75 Å². The Labute approximate surface area is 274 Å². The molecule has 0 bridgehead atoms. The fourth-order valence-corrected chi connectivity index (χ4v) is 6.90. The van der Waals surface area contributed by atoms with Gasteiger partial charge in [0.2, 0.25) is 0 Å². The largest absolute Gasteiger partial charge is 0.493 e. The second kappa shape index (κ2) is 14.2. The molecule has 2 N–H and O–H groups in total. The number of amides is 1. The summed E-state index contributed by atoms with van der Waals surface area (Å²) in [5.41, 5.74) is 1.43. The maximum absolute atomic E-state index is 15.0. The van der Waals surface area contributed by atoms with Gasteiger partial charge in [-0.2, -0.15) is 0 Å². The zero-order valence-corrected chi connectivity index (χ0v) is 26.8. The standard InChI is InChI=1S/C34H39Cl2N5O4/c1-2-44-29-6-4-3-5-28(29)34(33(43)41-17-15-40(16-18-41)30-23-39(19-21-42)20-22-45-30)37-31(24-7-11-26(35)12-8-24)32(38-34)25-9-13-27(36)14-10-25/h3-14,21,30-32,37-38H,2,15-20,22-23H2,1H3/t30?,31-,32+,34?. The number of morpholine rings is 1. The van der Waals surface area contributed by atoms with Crippen LogP contribution >= 0.6 is 23.2 Å². The van der Waals surface area contributed by atoms with Crippen LogP contribution in [0.3, 0.4) is 0 Å². The molecule has 6 rings (SSSR count). The molecule has 1 amide bonds. The van der Waals surface area contributed by atoms with E-state index in [0.29, 0.717) is 68.3 Å². The Balaban J connectivity index is 1.34. The molecule has 3 aromatic rings. The van der Waals surface area contributed by atoms with E-state index in [2.05, 4.69) is 20.4 Å². The van der Waals surface area contributed by atoms with E-state index in [-0.39, 0.29) is 24.2 Å². The highest BCUT2D eigenvalue weighted by Crippen LogP contribution is 2.44. The number of benzene rings is 3. The summed E-state index contributed by atoms with van der Waals surface area (Å²) in [5.74, 6) is 0.571. The number of aldehydes is 1. The number of para-hydroxylation sites is 1. The molecule has 9 nitrogen and oxygen atoms in total. The minimum atomic E-state index is -1.29. The minimum Gasteiger partial charge on any atom is -0.493 e. The minimum absolute atomic E-state index is 0.0723. The molecule has 11 heteroatoms. The van der Waals surface area contributed by atoms with Gasteiger partial charge in [-0.1, -0.05) is 65.7 Å². The molecule has 0 radical (unpaired) electrons. The van der Waals surface area contributed by atoms with Crippen molar-refractivity contribution in [2.24, 2.45) is 0 Å². The Morgan fingerprint density at radius 2 is 1.51 bits per heavy atom. The monoisotopic (exact) mass is 651 g/mol. The fourth-order valence-electron chi connectivity index (χ4n) is 6.64. The van der Waals surface area contributed by atoms with Crippen molar-refractivity contribution in [3.63, 3.8) is 0 Å². The second-order valence-corrected chi connectivity index (χ2v) is 12.5. The van der Waals surface area contributed by atoms with E-state index in [9.17, 15) is 9.59 Å². The SMILES string of the molecule is CCOc1ccccc1C1(C(=O)N2CCN(C3CN(CC=O)CCO3)CC2)N[C@H](c2ccc(Cl)cc2)[C@H](c2ccc(Cl)cc2)N1. The van der Waals surface area contributed by atoms with Gasteiger partial charge in [-0.05, 0) is 48.4 Å². The number of hydrogen-bond donors (Lipinski definition) is 2. The molecule has 3 saturated heterocycles. The fraction of sp³-hybridized carbons (Fsp3) is 0.412. The molecule has 3 heterocycles. The van der Waals surface area contributed by atoms with Gasteiger partial charge >= 0.3 is 0 Å². The van der Waals surface area contributed by atoms with Crippen molar-refractivity contribution in [1.82, 2.24) is 25.3 Å². The van der Waals surface area contributed by atoms with Gasteiger partial charge in [-0.15, -0.1) is 0 Å². The number of carbonyl (C=O) groups is 2. The Hall–Kier alpha value is -3.02. The van der Waals surface area contributed by atoms with Crippen LogP contribution < -0.4 is 15.4 Å². The summed E-state index contributed by atoms with van der Waals surface area (Å²) in [5, 5.41) is 8.84. The van der Waals surface area contributed by atoms with Crippen LogP contribution in [-0.4, -0.2) is 92.1 Å². The Bertz CT molecular complexity index is 1410. The van der Waals surface area contributed by atoms with E-state index in [0.717, 1.165) is 29.5 Å². The quantitative estimate of drug-likeness (QED) is 0.333. The molecule has 0 saturated carbocycles. The van der Waals surface area contributed by atoms with Crippen LogP contribution in [0.4, 0.5) is 0 Å². The maximum atomic E-state index is 15.0. The van der Waals surface area contributed by atoms with Crippen LogP contribution in [0.25, 0.3) is 0 Å². The van der Waals surface area contributed by atoms with E-state index in [1.807, 2.05) is 84.6 Å². The first-order valence-corrected chi connectivity index (χ1v) is 16.3. The van der Waals surface area contributed by atoms with Crippen molar-refractivity contribution < 1.29 is 19.1 Å². The summed E-state index contributed by atoms with van der Waals surface area (Å²) in [6.45, 7) is 7.20. The lowest BCUT2D eigenvalue weighted by atomic mass is 9.95. The highest BCUT2D eigenvalue weighted by Gasteiger charge is 2.54. The summed E-state index contributed by atoms with van der Waals surface area (Å²) in [4.78, 5) is 32.4. The number of halogens is 2. The van der Waals surface area contributed by atoms with Crippen LogP contribution in [0.5, 0.6) is 5.75 Å². The molecule has 0 spiro atoms. The Kier molecular flexibility index (Phi) is 10.1. The third kappa shape index (κ3) is 6.76. The highest BCUT2D eigenvalue weighted by molar-refractivity contribution is 6.30. The molecule has 3 aliphatic heterocycles. The number of nitrogens with zero attached hydrogens (tertiary/aromatic N) is 3. The van der Waals surface area contributed by atoms with Gasteiger partial charge in [0.25, 0.3) is 5.91 Å². The third-order valence-corrected chi connectivity index (χ3v) is 9.42. The third-order valence-electron chi connectivity index (χ3n) is 8.92. The molecule has 45 heavy (non-hydrogen) atoms. The predicted molar refractivity (Wildman–Crippen MR) is 174 cm³/mol. The van der Waals surface area contributed by atoms with Gasteiger partial charge in [-0.25, -0.2) is 0 Å². The zero-order valence-electron chi connectivity index (χ0n) is 25.3. The summed E-state index contributed by atoms with van der Waals surface area (Å²) in [6, 6.07) is 22.6. The zero-order chi connectivity index (χ0) is 31.4. The van der Waals surface area contributed by atoms with Gasteiger partial charge in [0, 0.05) is 54.9 Å². The van der Waals surface area contributed by atoms with Gasteiger partial charge < -0.3 is 19.2 Å². The van der Waals surface area contributed by atoms with Crippen LogP contribution in [0, 0.1) is 0 Å². The number of piperazine rings is 1. The first kappa shape index (κ1) is 31.9. The number of carbonyl (C=O) groups excluding carboxylic acids is 2. The molecule has 0 aromatic heterocycles. The maximum Gasteiger partial charge on any atom is 0.262 e. The predicted octanol–water partition coefficient (Wildman–Crippen LogP) is 4.22. The first-order chi connectivity index (χ1) is 21.9.